The van der Waals surface area contributed by atoms with Gasteiger partial charge in [-0.25, -0.2) is 0 Å². The standard InChI is InChI=1S/C19H29N5S/c1-14(12-18-9-8-15(2)25-18)22-19(20-3)21-13-16-10-11-24(23-16)17-6-4-5-7-17/h8-11,14,17H,4-7,12-13H2,1-3H3,(H2,20,21,22). The summed E-state index contributed by atoms with van der Waals surface area (Å²) >= 11 is 1.86. The van der Waals surface area contributed by atoms with Gasteiger partial charge >= 0.3 is 0 Å². The third-order valence-corrected chi connectivity index (χ3v) is 5.73. The molecule has 6 heteroatoms. The van der Waals surface area contributed by atoms with Crippen molar-refractivity contribution in [3.8, 4) is 0 Å². The third kappa shape index (κ3) is 5.08. The van der Waals surface area contributed by atoms with Gasteiger partial charge in [0.05, 0.1) is 18.3 Å². The predicted molar refractivity (Wildman–Crippen MR) is 105 cm³/mol. The second-order valence-electron chi connectivity index (χ2n) is 6.91. The third-order valence-electron chi connectivity index (χ3n) is 4.71. The Kier molecular flexibility index (Phi) is 6.13. The Morgan fingerprint density at radius 3 is 2.84 bits per heavy atom. The first kappa shape index (κ1) is 18.0. The fourth-order valence-corrected chi connectivity index (χ4v) is 4.41. The number of nitrogens with one attached hydrogen (secondary N) is 2. The van der Waals surface area contributed by atoms with Crippen LogP contribution >= 0.6 is 11.3 Å². The van der Waals surface area contributed by atoms with Crippen LogP contribution in [-0.4, -0.2) is 28.8 Å². The van der Waals surface area contributed by atoms with Crippen molar-refractivity contribution in [1.82, 2.24) is 20.4 Å². The second kappa shape index (κ2) is 8.52. The summed E-state index contributed by atoms with van der Waals surface area (Å²) in [5.41, 5.74) is 1.07. The molecular formula is C19H29N5S. The lowest BCUT2D eigenvalue weighted by atomic mass is 10.2. The van der Waals surface area contributed by atoms with Crippen LogP contribution in [0.3, 0.4) is 0 Å². The SMILES string of the molecule is CN=C(NCc1ccn(C2CCCC2)n1)NC(C)Cc1ccc(C)s1. The second-order valence-corrected chi connectivity index (χ2v) is 8.29. The number of aromatic nitrogens is 2. The zero-order valence-electron chi connectivity index (χ0n) is 15.5. The van der Waals surface area contributed by atoms with Crippen LogP contribution in [0.25, 0.3) is 0 Å². The lowest BCUT2D eigenvalue weighted by molar-refractivity contribution is 0.462. The lowest BCUT2D eigenvalue weighted by Crippen LogP contribution is -2.42. The van der Waals surface area contributed by atoms with Crippen LogP contribution in [0, 0.1) is 6.92 Å². The monoisotopic (exact) mass is 359 g/mol. The molecule has 1 atom stereocenters. The summed E-state index contributed by atoms with van der Waals surface area (Å²) in [6.45, 7) is 5.04. The highest BCUT2D eigenvalue weighted by Crippen LogP contribution is 2.28. The summed E-state index contributed by atoms with van der Waals surface area (Å²) in [5.74, 6) is 0.830. The molecule has 0 saturated heterocycles. The summed E-state index contributed by atoms with van der Waals surface area (Å²) in [6.07, 6.45) is 8.31. The van der Waals surface area contributed by atoms with Crippen LogP contribution in [0.5, 0.6) is 0 Å². The quantitative estimate of drug-likeness (QED) is 0.611. The Morgan fingerprint density at radius 1 is 1.36 bits per heavy atom. The first-order valence-electron chi connectivity index (χ1n) is 9.20. The molecule has 1 aliphatic carbocycles. The van der Waals surface area contributed by atoms with Crippen molar-refractivity contribution in [3.63, 3.8) is 0 Å². The van der Waals surface area contributed by atoms with Gasteiger partial charge < -0.3 is 10.6 Å². The minimum Gasteiger partial charge on any atom is -0.354 e. The maximum absolute atomic E-state index is 4.72. The van der Waals surface area contributed by atoms with Crippen LogP contribution in [0.2, 0.25) is 0 Å². The van der Waals surface area contributed by atoms with E-state index in [9.17, 15) is 0 Å². The molecule has 0 aromatic carbocycles. The van der Waals surface area contributed by atoms with E-state index in [0.717, 1.165) is 18.1 Å². The van der Waals surface area contributed by atoms with Gasteiger partial charge in [0.1, 0.15) is 0 Å². The Labute approximate surface area is 154 Å². The number of rotatable bonds is 6. The molecule has 2 N–H and O–H groups in total. The molecule has 1 unspecified atom stereocenters. The van der Waals surface area contributed by atoms with E-state index < -0.39 is 0 Å². The number of aryl methyl sites for hydroxylation is 1. The number of hydrogen-bond donors (Lipinski definition) is 2. The fraction of sp³-hybridized carbons (Fsp3) is 0.579. The van der Waals surface area contributed by atoms with Gasteiger partial charge in [-0.1, -0.05) is 12.8 Å². The van der Waals surface area contributed by atoms with E-state index in [-0.39, 0.29) is 0 Å². The molecule has 2 aromatic rings. The number of nitrogens with zero attached hydrogens (tertiary/aromatic N) is 3. The van der Waals surface area contributed by atoms with Crippen LogP contribution < -0.4 is 10.6 Å². The number of thiophene rings is 1. The lowest BCUT2D eigenvalue weighted by Gasteiger charge is -2.17. The average molecular weight is 360 g/mol. The van der Waals surface area contributed by atoms with Crippen molar-refractivity contribution in [2.24, 2.45) is 4.99 Å². The summed E-state index contributed by atoms with van der Waals surface area (Å²) in [4.78, 5) is 7.11. The molecule has 0 spiro atoms. The molecule has 5 nitrogen and oxygen atoms in total. The Hall–Kier alpha value is -1.82. The summed E-state index contributed by atoms with van der Waals surface area (Å²) < 4.78 is 2.14. The average Bonchev–Trinajstić information content (AvgIpc) is 3.33. The topological polar surface area (TPSA) is 54.2 Å². The van der Waals surface area contributed by atoms with Crippen molar-refractivity contribution in [3.05, 3.63) is 39.8 Å². The van der Waals surface area contributed by atoms with Crippen LogP contribution in [0.4, 0.5) is 0 Å². The highest BCUT2D eigenvalue weighted by molar-refractivity contribution is 7.11. The number of hydrogen-bond acceptors (Lipinski definition) is 3. The molecule has 0 aliphatic heterocycles. The van der Waals surface area contributed by atoms with Crippen molar-refractivity contribution in [2.75, 3.05) is 7.05 Å². The molecule has 0 radical (unpaired) electrons. The van der Waals surface area contributed by atoms with E-state index in [2.05, 4.69) is 58.6 Å². The molecule has 136 valence electrons. The zero-order valence-corrected chi connectivity index (χ0v) is 16.3. The summed E-state index contributed by atoms with van der Waals surface area (Å²) in [7, 11) is 1.81. The predicted octanol–water partition coefficient (Wildman–Crippen LogP) is 3.66. The van der Waals surface area contributed by atoms with Gasteiger partial charge in [0, 0.05) is 35.5 Å². The van der Waals surface area contributed by atoms with Gasteiger partial charge in [-0.3, -0.25) is 9.67 Å². The first-order valence-corrected chi connectivity index (χ1v) is 10.0. The van der Waals surface area contributed by atoms with Gasteiger partial charge in [-0.2, -0.15) is 5.10 Å². The van der Waals surface area contributed by atoms with E-state index in [1.807, 2.05) is 18.4 Å². The Balaban J connectivity index is 1.47. The fourth-order valence-electron chi connectivity index (χ4n) is 3.39. The highest BCUT2D eigenvalue weighted by atomic mass is 32.1. The smallest absolute Gasteiger partial charge is 0.191 e. The minimum atomic E-state index is 0.334. The maximum atomic E-state index is 4.72. The summed E-state index contributed by atoms with van der Waals surface area (Å²) in [6, 6.07) is 7.43. The molecule has 0 bridgehead atoms. The Bertz CT molecular complexity index is 696. The van der Waals surface area contributed by atoms with Crippen molar-refractivity contribution in [2.45, 2.75) is 64.6 Å². The van der Waals surface area contributed by atoms with E-state index in [1.54, 1.807) is 0 Å². The van der Waals surface area contributed by atoms with Gasteiger partial charge in [0.15, 0.2) is 5.96 Å². The molecule has 1 saturated carbocycles. The molecule has 1 fully saturated rings. The molecule has 25 heavy (non-hydrogen) atoms. The molecule has 2 aromatic heterocycles. The van der Waals surface area contributed by atoms with Crippen LogP contribution in [-0.2, 0) is 13.0 Å². The van der Waals surface area contributed by atoms with Gasteiger partial charge in [-0.05, 0) is 44.9 Å². The van der Waals surface area contributed by atoms with E-state index >= 15 is 0 Å². The number of guanidine groups is 1. The minimum absolute atomic E-state index is 0.334. The van der Waals surface area contributed by atoms with Gasteiger partial charge in [0.25, 0.3) is 0 Å². The Morgan fingerprint density at radius 2 is 2.16 bits per heavy atom. The van der Waals surface area contributed by atoms with Crippen molar-refractivity contribution in [1.29, 1.82) is 0 Å². The van der Waals surface area contributed by atoms with E-state index in [4.69, 9.17) is 5.10 Å². The normalized spacial score (nSPS) is 17.0. The first-order chi connectivity index (χ1) is 12.1. The van der Waals surface area contributed by atoms with Crippen molar-refractivity contribution < 1.29 is 0 Å². The van der Waals surface area contributed by atoms with Crippen LogP contribution in [0.1, 0.15) is 54.1 Å². The maximum Gasteiger partial charge on any atom is 0.191 e. The highest BCUT2D eigenvalue weighted by Gasteiger charge is 2.17. The molecule has 2 heterocycles. The molecular weight excluding hydrogens is 330 g/mol. The van der Waals surface area contributed by atoms with Gasteiger partial charge in [-0.15, -0.1) is 11.3 Å². The molecule has 1 aliphatic rings. The van der Waals surface area contributed by atoms with Gasteiger partial charge in [0.2, 0.25) is 0 Å². The number of aliphatic imine (C=N–C) groups is 1. The summed E-state index contributed by atoms with van der Waals surface area (Å²) in [5, 5.41) is 11.6. The zero-order chi connectivity index (χ0) is 17.6. The molecule has 0 amide bonds. The van der Waals surface area contributed by atoms with Crippen LogP contribution in [0.15, 0.2) is 29.4 Å². The molecule has 3 rings (SSSR count). The van der Waals surface area contributed by atoms with E-state index in [0.29, 0.717) is 18.6 Å². The van der Waals surface area contributed by atoms with Crippen molar-refractivity contribution >= 4 is 17.3 Å². The largest absolute Gasteiger partial charge is 0.354 e. The van der Waals surface area contributed by atoms with E-state index in [1.165, 1.54) is 35.4 Å².